The van der Waals surface area contributed by atoms with Gasteiger partial charge in [0.25, 0.3) is 0 Å². The monoisotopic (exact) mass is 221 g/mol. The van der Waals surface area contributed by atoms with Gasteiger partial charge in [-0.3, -0.25) is 9.69 Å². The van der Waals surface area contributed by atoms with Gasteiger partial charge in [-0.05, 0) is 44.8 Å². The number of Topliss-reactive ketones (excluding diaryl/α,β-unsaturated/α-hetero) is 1. The molecule has 0 radical (unpaired) electrons. The van der Waals surface area contributed by atoms with Gasteiger partial charge >= 0.3 is 0 Å². The third-order valence-corrected chi connectivity index (χ3v) is 4.26. The summed E-state index contributed by atoms with van der Waals surface area (Å²) in [6, 6.07) is 0.420. The van der Waals surface area contributed by atoms with Crippen LogP contribution in [0.2, 0.25) is 0 Å². The fourth-order valence-corrected chi connectivity index (χ4v) is 3.17. The smallest absolute Gasteiger partial charge is 0.165 e. The summed E-state index contributed by atoms with van der Waals surface area (Å²) in [6.45, 7) is 8.54. The second-order valence-corrected chi connectivity index (χ2v) is 5.79. The SMILES string of the molecule is CC1=CCC(N2CCCCC2)C(C)(C)C1=O. The van der Waals surface area contributed by atoms with Crippen molar-refractivity contribution in [1.82, 2.24) is 4.90 Å². The molecule has 0 aromatic rings. The molecule has 1 heterocycles. The van der Waals surface area contributed by atoms with Crippen LogP contribution in [0.5, 0.6) is 0 Å². The number of allylic oxidation sites excluding steroid dienone is 1. The Morgan fingerprint density at radius 2 is 1.88 bits per heavy atom. The van der Waals surface area contributed by atoms with Crippen LogP contribution in [0, 0.1) is 5.41 Å². The van der Waals surface area contributed by atoms with E-state index in [0.29, 0.717) is 11.8 Å². The molecule has 1 aliphatic carbocycles. The molecule has 1 atom stereocenters. The standard InChI is InChI=1S/C14H23NO/c1-11-7-8-12(14(2,3)13(11)16)15-9-5-4-6-10-15/h7,12H,4-6,8-10H2,1-3H3. The van der Waals surface area contributed by atoms with E-state index < -0.39 is 0 Å². The first-order chi connectivity index (χ1) is 7.53. The molecule has 0 aromatic carbocycles. The molecule has 0 saturated carbocycles. The van der Waals surface area contributed by atoms with Crippen molar-refractivity contribution in [2.75, 3.05) is 13.1 Å². The minimum atomic E-state index is -0.198. The number of piperidine rings is 1. The quantitative estimate of drug-likeness (QED) is 0.678. The van der Waals surface area contributed by atoms with E-state index in [1.165, 1.54) is 32.4 Å². The Kier molecular flexibility index (Phi) is 3.20. The maximum absolute atomic E-state index is 12.2. The maximum atomic E-state index is 12.2. The molecule has 0 amide bonds. The zero-order valence-electron chi connectivity index (χ0n) is 10.8. The summed E-state index contributed by atoms with van der Waals surface area (Å²) in [5.41, 5.74) is 0.758. The van der Waals surface area contributed by atoms with Gasteiger partial charge in [0.2, 0.25) is 0 Å². The summed E-state index contributed by atoms with van der Waals surface area (Å²) in [7, 11) is 0. The largest absolute Gasteiger partial charge is 0.299 e. The predicted octanol–water partition coefficient (Wildman–Crippen LogP) is 2.79. The van der Waals surface area contributed by atoms with E-state index in [0.717, 1.165) is 12.0 Å². The third kappa shape index (κ3) is 1.95. The highest BCUT2D eigenvalue weighted by molar-refractivity contribution is 6.00. The Hall–Kier alpha value is -0.630. The zero-order chi connectivity index (χ0) is 11.8. The molecule has 0 spiro atoms. The molecule has 90 valence electrons. The van der Waals surface area contributed by atoms with Gasteiger partial charge in [0, 0.05) is 11.5 Å². The highest BCUT2D eigenvalue weighted by atomic mass is 16.1. The number of rotatable bonds is 1. The van der Waals surface area contributed by atoms with Crippen LogP contribution < -0.4 is 0 Å². The molecule has 0 aromatic heterocycles. The average molecular weight is 221 g/mol. The van der Waals surface area contributed by atoms with Crippen LogP contribution >= 0.6 is 0 Å². The van der Waals surface area contributed by atoms with Crippen molar-refractivity contribution in [3.63, 3.8) is 0 Å². The van der Waals surface area contributed by atoms with Gasteiger partial charge in [-0.2, -0.15) is 0 Å². The molecular formula is C14H23NO. The Labute approximate surface area is 98.7 Å². The molecular weight excluding hydrogens is 198 g/mol. The van der Waals surface area contributed by atoms with E-state index in [4.69, 9.17) is 0 Å². The first-order valence-corrected chi connectivity index (χ1v) is 6.49. The molecule has 16 heavy (non-hydrogen) atoms. The van der Waals surface area contributed by atoms with Crippen molar-refractivity contribution in [1.29, 1.82) is 0 Å². The molecule has 2 rings (SSSR count). The number of carbonyl (C=O) groups excluding carboxylic acids is 1. The lowest BCUT2D eigenvalue weighted by Gasteiger charge is -2.44. The lowest BCUT2D eigenvalue weighted by Crippen LogP contribution is -2.52. The molecule has 0 bridgehead atoms. The molecule has 2 nitrogen and oxygen atoms in total. The summed E-state index contributed by atoms with van der Waals surface area (Å²) in [4.78, 5) is 14.7. The van der Waals surface area contributed by atoms with Crippen molar-refractivity contribution in [2.24, 2.45) is 5.41 Å². The van der Waals surface area contributed by atoms with Crippen LogP contribution in [0.4, 0.5) is 0 Å². The lowest BCUT2D eigenvalue weighted by atomic mass is 9.71. The molecule has 1 unspecified atom stereocenters. The van der Waals surface area contributed by atoms with Gasteiger partial charge in [0.15, 0.2) is 5.78 Å². The molecule has 0 N–H and O–H groups in total. The first kappa shape index (κ1) is 11.8. The summed E-state index contributed by atoms with van der Waals surface area (Å²) in [6.07, 6.45) is 7.12. The lowest BCUT2D eigenvalue weighted by molar-refractivity contribution is -0.128. The zero-order valence-corrected chi connectivity index (χ0v) is 10.8. The normalized spacial score (nSPS) is 31.3. The molecule has 1 aliphatic heterocycles. The summed E-state index contributed by atoms with van der Waals surface area (Å²) < 4.78 is 0. The molecule has 2 aliphatic rings. The number of nitrogens with zero attached hydrogens (tertiary/aromatic N) is 1. The van der Waals surface area contributed by atoms with Gasteiger partial charge < -0.3 is 0 Å². The van der Waals surface area contributed by atoms with Gasteiger partial charge in [0.05, 0.1) is 0 Å². The Morgan fingerprint density at radius 3 is 2.50 bits per heavy atom. The van der Waals surface area contributed by atoms with Crippen molar-refractivity contribution >= 4 is 5.78 Å². The van der Waals surface area contributed by atoms with Crippen molar-refractivity contribution in [3.05, 3.63) is 11.6 Å². The van der Waals surface area contributed by atoms with Crippen LogP contribution in [-0.2, 0) is 4.79 Å². The molecule has 2 heteroatoms. The van der Waals surface area contributed by atoms with Gasteiger partial charge in [-0.15, -0.1) is 0 Å². The van der Waals surface area contributed by atoms with E-state index >= 15 is 0 Å². The highest BCUT2D eigenvalue weighted by Crippen LogP contribution is 2.36. The highest BCUT2D eigenvalue weighted by Gasteiger charge is 2.42. The van der Waals surface area contributed by atoms with E-state index in [1.54, 1.807) is 0 Å². The number of likely N-dealkylation sites (tertiary alicyclic amines) is 1. The van der Waals surface area contributed by atoms with Crippen LogP contribution in [-0.4, -0.2) is 29.8 Å². The minimum absolute atomic E-state index is 0.198. The van der Waals surface area contributed by atoms with Crippen molar-refractivity contribution in [2.45, 2.75) is 52.5 Å². The number of hydrogen-bond donors (Lipinski definition) is 0. The Bertz CT molecular complexity index is 311. The number of carbonyl (C=O) groups is 1. The first-order valence-electron chi connectivity index (χ1n) is 6.49. The van der Waals surface area contributed by atoms with Crippen LogP contribution in [0.1, 0.15) is 46.5 Å². The van der Waals surface area contributed by atoms with Gasteiger partial charge in [-0.1, -0.05) is 26.3 Å². The van der Waals surface area contributed by atoms with Gasteiger partial charge in [-0.25, -0.2) is 0 Å². The topological polar surface area (TPSA) is 20.3 Å². The average Bonchev–Trinajstić information content (AvgIpc) is 2.27. The molecule has 1 fully saturated rings. The van der Waals surface area contributed by atoms with Crippen LogP contribution in [0.25, 0.3) is 0 Å². The second-order valence-electron chi connectivity index (χ2n) is 5.79. The Morgan fingerprint density at radius 1 is 1.25 bits per heavy atom. The second kappa shape index (κ2) is 4.33. The summed E-state index contributed by atoms with van der Waals surface area (Å²) >= 11 is 0. The Balaban J connectivity index is 2.18. The molecule has 1 saturated heterocycles. The summed E-state index contributed by atoms with van der Waals surface area (Å²) in [5.74, 6) is 0.342. The summed E-state index contributed by atoms with van der Waals surface area (Å²) in [5, 5.41) is 0. The van der Waals surface area contributed by atoms with Crippen LogP contribution in [0.3, 0.4) is 0 Å². The van der Waals surface area contributed by atoms with Crippen molar-refractivity contribution < 1.29 is 4.79 Å². The van der Waals surface area contributed by atoms with E-state index in [1.807, 2.05) is 6.92 Å². The van der Waals surface area contributed by atoms with Gasteiger partial charge in [0.1, 0.15) is 0 Å². The van der Waals surface area contributed by atoms with E-state index in [9.17, 15) is 4.79 Å². The minimum Gasteiger partial charge on any atom is -0.299 e. The maximum Gasteiger partial charge on any atom is 0.165 e. The van der Waals surface area contributed by atoms with E-state index in [2.05, 4.69) is 24.8 Å². The fraction of sp³-hybridized carbons (Fsp3) is 0.786. The predicted molar refractivity (Wildman–Crippen MR) is 66.4 cm³/mol. The fourth-order valence-electron chi connectivity index (χ4n) is 3.17. The third-order valence-electron chi connectivity index (χ3n) is 4.26. The van der Waals surface area contributed by atoms with Crippen molar-refractivity contribution in [3.8, 4) is 0 Å². The van der Waals surface area contributed by atoms with Crippen LogP contribution in [0.15, 0.2) is 11.6 Å². The number of ketones is 1. The number of hydrogen-bond acceptors (Lipinski definition) is 2. The van der Waals surface area contributed by atoms with E-state index in [-0.39, 0.29) is 5.41 Å².